The number of benzene rings is 2. The molecule has 2 rings (SSSR count). The quantitative estimate of drug-likeness (QED) is 0.404. The fraction of sp³-hybridized carbons (Fsp3) is 0.158. The van der Waals surface area contributed by atoms with Crippen LogP contribution in [0.4, 0.5) is 0 Å². The van der Waals surface area contributed by atoms with Crippen molar-refractivity contribution in [2.45, 2.75) is 5.75 Å². The largest absolute Gasteiger partial charge is 0.490 e. The van der Waals surface area contributed by atoms with Crippen LogP contribution in [-0.2, 0) is 10.5 Å². The molecule has 0 aliphatic heterocycles. The summed E-state index contributed by atoms with van der Waals surface area (Å²) in [7, 11) is 0. The standard InChI is InChI=1S/C19H19ClN2O2S/c1-2-11-24-17-9-7-15(8-10-17)12-21-22-19(23)14-25-13-16-5-3-4-6-18(16)20/h2-10,12H,1,11,13-14H2,(H,22,23)/b21-12-. The molecule has 2 aromatic carbocycles. The highest BCUT2D eigenvalue weighted by Crippen LogP contribution is 2.20. The van der Waals surface area contributed by atoms with Crippen molar-refractivity contribution in [3.63, 3.8) is 0 Å². The third-order valence-corrected chi connectivity index (χ3v) is 4.45. The molecule has 130 valence electrons. The van der Waals surface area contributed by atoms with E-state index < -0.39 is 0 Å². The fourth-order valence-electron chi connectivity index (χ4n) is 1.89. The van der Waals surface area contributed by atoms with Crippen LogP contribution in [-0.4, -0.2) is 24.5 Å². The summed E-state index contributed by atoms with van der Waals surface area (Å²) in [6.07, 6.45) is 3.28. The van der Waals surface area contributed by atoms with Crippen molar-refractivity contribution in [2.24, 2.45) is 5.10 Å². The van der Waals surface area contributed by atoms with Crippen molar-refractivity contribution < 1.29 is 9.53 Å². The predicted octanol–water partition coefficient (Wildman–Crippen LogP) is 4.29. The Bertz CT molecular complexity index is 732. The molecular formula is C19H19ClN2O2S. The summed E-state index contributed by atoms with van der Waals surface area (Å²) in [5.74, 6) is 1.61. The van der Waals surface area contributed by atoms with E-state index in [1.807, 2.05) is 48.5 Å². The summed E-state index contributed by atoms with van der Waals surface area (Å²) in [5.41, 5.74) is 4.40. The number of carbonyl (C=O) groups excluding carboxylic acids is 1. The molecule has 0 atom stereocenters. The summed E-state index contributed by atoms with van der Waals surface area (Å²) in [6.45, 7) is 4.07. The Morgan fingerprint density at radius 1 is 1.24 bits per heavy atom. The number of hydrazone groups is 1. The van der Waals surface area contributed by atoms with E-state index in [4.69, 9.17) is 16.3 Å². The van der Waals surface area contributed by atoms with Crippen molar-refractivity contribution in [3.05, 3.63) is 77.3 Å². The zero-order valence-electron chi connectivity index (χ0n) is 13.7. The van der Waals surface area contributed by atoms with Crippen molar-refractivity contribution in [1.29, 1.82) is 0 Å². The summed E-state index contributed by atoms with van der Waals surface area (Å²) in [5, 5.41) is 4.67. The molecule has 0 radical (unpaired) electrons. The van der Waals surface area contributed by atoms with Crippen molar-refractivity contribution in [3.8, 4) is 5.75 Å². The Morgan fingerprint density at radius 3 is 2.72 bits per heavy atom. The normalized spacial score (nSPS) is 10.6. The van der Waals surface area contributed by atoms with E-state index in [1.54, 1.807) is 12.3 Å². The molecule has 0 unspecified atom stereocenters. The van der Waals surface area contributed by atoms with Crippen molar-refractivity contribution >= 4 is 35.5 Å². The molecule has 0 aliphatic rings. The van der Waals surface area contributed by atoms with Gasteiger partial charge in [-0.15, -0.1) is 11.8 Å². The molecule has 0 spiro atoms. The zero-order chi connectivity index (χ0) is 17.9. The first-order chi connectivity index (χ1) is 12.2. The second-order valence-corrected chi connectivity index (χ2v) is 6.44. The van der Waals surface area contributed by atoms with Crippen LogP contribution in [0.15, 0.2) is 66.3 Å². The monoisotopic (exact) mass is 374 g/mol. The van der Waals surface area contributed by atoms with Gasteiger partial charge in [0, 0.05) is 10.8 Å². The molecule has 25 heavy (non-hydrogen) atoms. The molecule has 0 bridgehead atoms. The van der Waals surface area contributed by atoms with Gasteiger partial charge in [0.15, 0.2) is 0 Å². The van der Waals surface area contributed by atoms with Crippen molar-refractivity contribution in [2.75, 3.05) is 12.4 Å². The molecule has 1 amide bonds. The molecule has 2 aromatic rings. The minimum Gasteiger partial charge on any atom is -0.490 e. The molecular weight excluding hydrogens is 356 g/mol. The highest BCUT2D eigenvalue weighted by Gasteiger charge is 2.03. The molecule has 0 saturated heterocycles. The first kappa shape index (κ1) is 19.1. The number of ether oxygens (including phenoxy) is 1. The minimum atomic E-state index is -0.153. The molecule has 6 heteroatoms. The molecule has 1 N–H and O–H groups in total. The molecule has 0 saturated carbocycles. The lowest BCUT2D eigenvalue weighted by Gasteiger charge is -2.04. The fourth-order valence-corrected chi connectivity index (χ4v) is 2.99. The van der Waals surface area contributed by atoms with Gasteiger partial charge in [0.2, 0.25) is 5.91 Å². The predicted molar refractivity (Wildman–Crippen MR) is 105 cm³/mol. The smallest absolute Gasteiger partial charge is 0.250 e. The summed E-state index contributed by atoms with van der Waals surface area (Å²) in [6, 6.07) is 15.0. The number of nitrogens with zero attached hydrogens (tertiary/aromatic N) is 1. The lowest BCUT2D eigenvalue weighted by atomic mass is 10.2. The van der Waals surface area contributed by atoms with Crippen LogP contribution < -0.4 is 10.2 Å². The first-order valence-electron chi connectivity index (χ1n) is 7.66. The summed E-state index contributed by atoms with van der Waals surface area (Å²) in [4.78, 5) is 11.8. The van der Waals surface area contributed by atoms with Crippen LogP contribution in [0.2, 0.25) is 5.02 Å². The first-order valence-corrected chi connectivity index (χ1v) is 9.19. The lowest BCUT2D eigenvalue weighted by molar-refractivity contribution is -0.118. The third-order valence-electron chi connectivity index (χ3n) is 3.10. The maximum absolute atomic E-state index is 11.8. The van der Waals surface area contributed by atoms with Crippen LogP contribution >= 0.6 is 23.4 Å². The van der Waals surface area contributed by atoms with Gasteiger partial charge in [-0.1, -0.05) is 42.5 Å². The van der Waals surface area contributed by atoms with Crippen LogP contribution in [0.1, 0.15) is 11.1 Å². The number of amides is 1. The van der Waals surface area contributed by atoms with Crippen LogP contribution in [0, 0.1) is 0 Å². The Kier molecular flexibility index (Phi) is 8.09. The Morgan fingerprint density at radius 2 is 2.00 bits per heavy atom. The molecule has 0 fully saturated rings. The van der Waals surface area contributed by atoms with Gasteiger partial charge in [-0.3, -0.25) is 4.79 Å². The second-order valence-electron chi connectivity index (χ2n) is 5.05. The van der Waals surface area contributed by atoms with E-state index in [0.717, 1.165) is 16.9 Å². The van der Waals surface area contributed by atoms with Gasteiger partial charge in [0.05, 0.1) is 12.0 Å². The van der Waals surface area contributed by atoms with Gasteiger partial charge in [-0.2, -0.15) is 5.10 Å². The van der Waals surface area contributed by atoms with Crippen molar-refractivity contribution in [1.82, 2.24) is 5.43 Å². The van der Waals surface area contributed by atoms with Gasteiger partial charge >= 0.3 is 0 Å². The Labute approximate surface area is 156 Å². The van der Waals surface area contributed by atoms with Gasteiger partial charge in [-0.05, 0) is 41.5 Å². The number of nitrogens with one attached hydrogen (secondary N) is 1. The van der Waals surface area contributed by atoms with Crippen LogP contribution in [0.5, 0.6) is 5.75 Å². The van der Waals surface area contributed by atoms with E-state index in [9.17, 15) is 4.79 Å². The number of hydrogen-bond donors (Lipinski definition) is 1. The van der Waals surface area contributed by atoms with Gasteiger partial charge in [0.25, 0.3) is 0 Å². The number of rotatable bonds is 9. The van der Waals surface area contributed by atoms with Gasteiger partial charge in [-0.25, -0.2) is 5.43 Å². The zero-order valence-corrected chi connectivity index (χ0v) is 15.2. The van der Waals surface area contributed by atoms with Gasteiger partial charge < -0.3 is 4.74 Å². The number of thioether (sulfide) groups is 1. The maximum atomic E-state index is 11.8. The Hall–Kier alpha value is -2.24. The topological polar surface area (TPSA) is 50.7 Å². The maximum Gasteiger partial charge on any atom is 0.250 e. The molecule has 0 aromatic heterocycles. The SMILES string of the molecule is C=CCOc1ccc(/C=N\NC(=O)CSCc2ccccc2Cl)cc1. The van der Waals surface area contributed by atoms with E-state index in [2.05, 4.69) is 17.1 Å². The second kappa shape index (κ2) is 10.6. The van der Waals surface area contributed by atoms with E-state index in [0.29, 0.717) is 23.1 Å². The minimum absolute atomic E-state index is 0.153. The number of halogens is 1. The Balaban J connectivity index is 1.71. The number of hydrogen-bond acceptors (Lipinski definition) is 4. The average molecular weight is 375 g/mol. The highest BCUT2D eigenvalue weighted by molar-refractivity contribution is 7.99. The van der Waals surface area contributed by atoms with Crippen LogP contribution in [0.25, 0.3) is 0 Å². The molecule has 4 nitrogen and oxygen atoms in total. The van der Waals surface area contributed by atoms with E-state index in [-0.39, 0.29) is 5.91 Å². The third kappa shape index (κ3) is 7.03. The molecule has 0 aliphatic carbocycles. The van der Waals surface area contributed by atoms with Gasteiger partial charge in [0.1, 0.15) is 12.4 Å². The van der Waals surface area contributed by atoms with E-state index >= 15 is 0 Å². The van der Waals surface area contributed by atoms with Crippen LogP contribution in [0.3, 0.4) is 0 Å². The summed E-state index contributed by atoms with van der Waals surface area (Å²) < 4.78 is 5.40. The molecule has 0 heterocycles. The summed E-state index contributed by atoms with van der Waals surface area (Å²) >= 11 is 7.57. The van der Waals surface area contributed by atoms with E-state index in [1.165, 1.54) is 11.8 Å². The number of carbonyl (C=O) groups is 1. The average Bonchev–Trinajstić information content (AvgIpc) is 2.63. The lowest BCUT2D eigenvalue weighted by Crippen LogP contribution is -2.19. The highest BCUT2D eigenvalue weighted by atomic mass is 35.5.